The van der Waals surface area contributed by atoms with Crippen molar-refractivity contribution >= 4 is 16.1 Å². The van der Waals surface area contributed by atoms with Gasteiger partial charge in [-0.2, -0.15) is 13.1 Å². The molecule has 2 N–H and O–H groups in total. The van der Waals surface area contributed by atoms with E-state index >= 15 is 0 Å². The highest BCUT2D eigenvalue weighted by atomic mass is 32.2. The Labute approximate surface area is 162 Å². The van der Waals surface area contributed by atoms with E-state index in [1.165, 1.54) is 43.6 Å². The average Bonchev–Trinajstić information content (AvgIpc) is 3.29. The molecule has 2 atom stereocenters. The Morgan fingerprint density at radius 1 is 1.11 bits per heavy atom. The molecule has 3 aliphatic rings. The van der Waals surface area contributed by atoms with Crippen LogP contribution in [0.2, 0.25) is 0 Å². The van der Waals surface area contributed by atoms with E-state index < -0.39 is 10.3 Å². The summed E-state index contributed by atoms with van der Waals surface area (Å²) >= 11 is 0. The number of benzene rings is 1. The summed E-state index contributed by atoms with van der Waals surface area (Å²) in [7, 11) is -1.82. The van der Waals surface area contributed by atoms with E-state index in [2.05, 4.69) is 47.0 Å². The van der Waals surface area contributed by atoms with Crippen LogP contribution in [0.4, 0.5) is 0 Å². The lowest BCUT2D eigenvalue weighted by Gasteiger charge is -2.20. The predicted octanol–water partition coefficient (Wildman–Crippen LogP) is 3.38. The van der Waals surface area contributed by atoms with Gasteiger partial charge in [-0.05, 0) is 31.2 Å². The van der Waals surface area contributed by atoms with Crippen molar-refractivity contribution in [3.05, 3.63) is 35.9 Å². The molecule has 0 spiro atoms. The first-order chi connectivity index (χ1) is 12.9. The van der Waals surface area contributed by atoms with Crippen LogP contribution in [0.25, 0.3) is 0 Å². The fourth-order valence-corrected chi connectivity index (χ4v) is 4.62. The maximum atomic E-state index is 10.3. The Morgan fingerprint density at radius 2 is 1.81 bits per heavy atom. The summed E-state index contributed by atoms with van der Waals surface area (Å²) in [5, 5.41) is 0. The summed E-state index contributed by atoms with van der Waals surface area (Å²) in [5.41, 5.74) is 1.46. The number of rotatable bonds is 4. The summed E-state index contributed by atoms with van der Waals surface area (Å²) in [5.74, 6) is 2.01. The highest BCUT2D eigenvalue weighted by Crippen LogP contribution is 2.43. The zero-order valence-electron chi connectivity index (χ0n) is 16.0. The molecule has 0 amide bonds. The van der Waals surface area contributed by atoms with Crippen LogP contribution in [0.5, 0.6) is 0 Å². The molecule has 0 radical (unpaired) electrons. The molecule has 0 unspecified atom stereocenters. The van der Waals surface area contributed by atoms with Crippen molar-refractivity contribution in [3.8, 4) is 0 Å². The van der Waals surface area contributed by atoms with Crippen LogP contribution in [-0.4, -0.2) is 49.4 Å². The SMILES string of the molecule is CN1CCCC1=N[C@@H]1C[C@H]1c1ccccc1.O=S(=O)(O)NC1CCCCC1. The van der Waals surface area contributed by atoms with Crippen molar-refractivity contribution < 1.29 is 13.0 Å². The molecule has 6 nitrogen and oxygen atoms in total. The first-order valence-electron chi connectivity index (χ1n) is 10.00. The molecule has 2 aliphatic carbocycles. The number of hydrogen-bond donors (Lipinski definition) is 2. The van der Waals surface area contributed by atoms with Gasteiger partial charge in [-0.25, -0.2) is 0 Å². The van der Waals surface area contributed by atoms with Gasteiger partial charge in [0.1, 0.15) is 0 Å². The molecule has 1 saturated heterocycles. The van der Waals surface area contributed by atoms with Gasteiger partial charge in [-0.1, -0.05) is 49.6 Å². The predicted molar refractivity (Wildman–Crippen MR) is 108 cm³/mol. The van der Waals surface area contributed by atoms with Crippen LogP contribution in [-0.2, 0) is 10.3 Å². The highest BCUT2D eigenvalue weighted by molar-refractivity contribution is 7.83. The van der Waals surface area contributed by atoms with Crippen LogP contribution in [0.1, 0.15) is 62.8 Å². The second kappa shape index (κ2) is 9.17. The zero-order chi connectivity index (χ0) is 19.3. The quantitative estimate of drug-likeness (QED) is 0.769. The summed E-state index contributed by atoms with van der Waals surface area (Å²) in [4.78, 5) is 7.17. The van der Waals surface area contributed by atoms with Gasteiger partial charge >= 0.3 is 10.3 Å². The topological polar surface area (TPSA) is 82.0 Å². The van der Waals surface area contributed by atoms with Gasteiger partial charge in [0.15, 0.2) is 0 Å². The Morgan fingerprint density at radius 3 is 2.41 bits per heavy atom. The molecule has 3 fully saturated rings. The molecule has 0 aromatic heterocycles. The largest absolute Gasteiger partial charge is 0.363 e. The van der Waals surface area contributed by atoms with Gasteiger partial charge in [-0.15, -0.1) is 0 Å². The molecule has 2 saturated carbocycles. The van der Waals surface area contributed by atoms with Crippen molar-refractivity contribution in [3.63, 3.8) is 0 Å². The summed E-state index contributed by atoms with van der Waals surface area (Å²) in [6.45, 7) is 1.18. The lowest BCUT2D eigenvalue weighted by atomic mass is 9.96. The standard InChI is InChI=1S/C14H18N2.C6H13NO3S/c1-16-9-5-8-14(16)15-13-10-12(13)11-6-3-2-4-7-11;8-11(9,10)7-6-4-2-1-3-5-6/h2-4,6-7,12-13H,5,8-10H2,1H3;6-7H,1-5H2,(H,8,9,10)/t12-,13+;/m0./s1. The van der Waals surface area contributed by atoms with Crippen molar-refractivity contribution in [2.24, 2.45) is 4.99 Å². The molecule has 1 heterocycles. The second-order valence-corrected chi connectivity index (χ2v) is 9.00. The van der Waals surface area contributed by atoms with E-state index in [0.717, 1.165) is 25.7 Å². The number of likely N-dealkylation sites (tertiary alicyclic amines) is 1. The van der Waals surface area contributed by atoms with E-state index in [1.54, 1.807) is 0 Å². The van der Waals surface area contributed by atoms with Crippen LogP contribution in [0.15, 0.2) is 35.3 Å². The molecule has 27 heavy (non-hydrogen) atoms. The van der Waals surface area contributed by atoms with Gasteiger partial charge < -0.3 is 4.90 Å². The van der Waals surface area contributed by atoms with Crippen LogP contribution in [0.3, 0.4) is 0 Å². The Kier molecular flexibility index (Phi) is 6.89. The fourth-order valence-electron chi connectivity index (χ4n) is 3.96. The van der Waals surface area contributed by atoms with Crippen LogP contribution < -0.4 is 4.72 Å². The zero-order valence-corrected chi connectivity index (χ0v) is 16.9. The number of aliphatic imine (C=N–C) groups is 1. The van der Waals surface area contributed by atoms with E-state index in [0.29, 0.717) is 12.0 Å². The molecule has 1 aliphatic heterocycles. The van der Waals surface area contributed by atoms with E-state index in [-0.39, 0.29) is 6.04 Å². The Balaban J connectivity index is 0.000000168. The third-order valence-corrected chi connectivity index (χ3v) is 6.19. The van der Waals surface area contributed by atoms with Gasteiger partial charge in [-0.3, -0.25) is 9.55 Å². The van der Waals surface area contributed by atoms with Gasteiger partial charge in [0.25, 0.3) is 0 Å². The van der Waals surface area contributed by atoms with Crippen molar-refractivity contribution in [1.82, 2.24) is 9.62 Å². The van der Waals surface area contributed by atoms with Gasteiger partial charge in [0, 0.05) is 32.0 Å². The molecule has 0 bridgehead atoms. The molecule has 150 valence electrons. The van der Waals surface area contributed by atoms with E-state index in [1.807, 2.05) is 0 Å². The summed E-state index contributed by atoms with van der Waals surface area (Å²) in [6.07, 6.45) is 8.65. The number of nitrogens with zero attached hydrogens (tertiary/aromatic N) is 2. The Hall–Kier alpha value is -1.44. The average molecular weight is 394 g/mol. The number of nitrogens with one attached hydrogen (secondary N) is 1. The first-order valence-corrected chi connectivity index (χ1v) is 11.4. The lowest BCUT2D eigenvalue weighted by molar-refractivity contribution is 0.389. The second-order valence-electron chi connectivity index (χ2n) is 7.82. The maximum Gasteiger partial charge on any atom is 0.333 e. The smallest absolute Gasteiger partial charge is 0.333 e. The third-order valence-electron chi connectivity index (χ3n) is 5.55. The maximum absolute atomic E-state index is 10.3. The number of amidine groups is 1. The van der Waals surface area contributed by atoms with Crippen molar-refractivity contribution in [2.75, 3.05) is 13.6 Å². The number of hydrogen-bond acceptors (Lipinski definition) is 3. The van der Waals surface area contributed by atoms with Crippen molar-refractivity contribution in [2.45, 2.75) is 69.4 Å². The lowest BCUT2D eigenvalue weighted by Crippen LogP contribution is -2.35. The van der Waals surface area contributed by atoms with Gasteiger partial charge in [0.2, 0.25) is 0 Å². The molecule has 4 rings (SSSR count). The van der Waals surface area contributed by atoms with Crippen molar-refractivity contribution in [1.29, 1.82) is 0 Å². The molecule has 1 aromatic carbocycles. The normalized spacial score (nSPS) is 27.3. The van der Waals surface area contributed by atoms with Crippen LogP contribution in [0, 0.1) is 0 Å². The molecule has 7 heteroatoms. The Bertz CT molecular complexity index is 730. The summed E-state index contributed by atoms with van der Waals surface area (Å²) in [6, 6.07) is 11.3. The fraction of sp³-hybridized carbons (Fsp3) is 0.650. The highest BCUT2D eigenvalue weighted by Gasteiger charge is 2.38. The minimum atomic E-state index is -3.97. The molecule has 1 aromatic rings. The third kappa shape index (κ3) is 6.59. The summed E-state index contributed by atoms with van der Waals surface area (Å²) < 4.78 is 31.3. The van der Waals surface area contributed by atoms with Crippen LogP contribution >= 0.6 is 0 Å². The minimum Gasteiger partial charge on any atom is -0.363 e. The van der Waals surface area contributed by atoms with E-state index in [9.17, 15) is 8.42 Å². The molecular formula is C20H31N3O3S. The molecular weight excluding hydrogens is 362 g/mol. The van der Waals surface area contributed by atoms with Gasteiger partial charge in [0.05, 0.1) is 11.9 Å². The first kappa shape index (κ1) is 20.3. The monoisotopic (exact) mass is 393 g/mol. The van der Waals surface area contributed by atoms with E-state index in [4.69, 9.17) is 9.55 Å². The minimum absolute atomic E-state index is 0.0428.